The summed E-state index contributed by atoms with van der Waals surface area (Å²) in [6, 6.07) is 11.2. The molecule has 114 valence electrons. The second-order valence-electron chi connectivity index (χ2n) is 5.51. The Morgan fingerprint density at radius 2 is 2.05 bits per heavy atom. The molecule has 0 heterocycles. The Balaban J connectivity index is 1.70. The quantitative estimate of drug-likeness (QED) is 0.798. The van der Waals surface area contributed by atoms with Gasteiger partial charge in [0.05, 0.1) is 12.1 Å². The van der Waals surface area contributed by atoms with Crippen molar-refractivity contribution in [2.45, 2.75) is 25.5 Å². The van der Waals surface area contributed by atoms with E-state index in [9.17, 15) is 14.3 Å². The van der Waals surface area contributed by atoms with E-state index in [2.05, 4.69) is 10.6 Å². The number of urea groups is 1. The van der Waals surface area contributed by atoms with Crippen LogP contribution in [0.1, 0.15) is 22.7 Å². The molecule has 0 unspecified atom stereocenters. The van der Waals surface area contributed by atoms with Crippen LogP contribution >= 0.6 is 0 Å². The Morgan fingerprint density at radius 3 is 2.82 bits per heavy atom. The van der Waals surface area contributed by atoms with Crippen molar-refractivity contribution in [2.24, 2.45) is 0 Å². The van der Waals surface area contributed by atoms with Gasteiger partial charge in [0.2, 0.25) is 0 Å². The summed E-state index contributed by atoms with van der Waals surface area (Å²) in [6.07, 6.45) is -0.116. The molecule has 0 bridgehead atoms. The fourth-order valence-electron chi connectivity index (χ4n) is 2.78. The normalized spacial score (nSPS) is 19.6. The Bertz CT molecular complexity index is 718. The van der Waals surface area contributed by atoms with Crippen LogP contribution in [-0.4, -0.2) is 17.2 Å². The lowest BCUT2D eigenvalue weighted by atomic mass is 10.1. The molecule has 0 aromatic heterocycles. The third-order valence-corrected chi connectivity index (χ3v) is 3.91. The van der Waals surface area contributed by atoms with Crippen LogP contribution in [0.25, 0.3) is 0 Å². The zero-order chi connectivity index (χ0) is 15.7. The summed E-state index contributed by atoms with van der Waals surface area (Å²) in [6.45, 7) is 1.63. The summed E-state index contributed by atoms with van der Waals surface area (Å²) in [7, 11) is 0. The molecular formula is C17H17FN2O2. The van der Waals surface area contributed by atoms with Crippen molar-refractivity contribution in [3.8, 4) is 0 Å². The van der Waals surface area contributed by atoms with Crippen molar-refractivity contribution in [1.82, 2.24) is 5.32 Å². The van der Waals surface area contributed by atoms with E-state index in [-0.39, 0.29) is 5.82 Å². The van der Waals surface area contributed by atoms with Crippen molar-refractivity contribution in [2.75, 3.05) is 5.32 Å². The molecule has 0 spiro atoms. The first kappa shape index (κ1) is 14.5. The number of carbonyl (C=O) groups is 1. The number of halogens is 1. The molecule has 2 atom stereocenters. The lowest BCUT2D eigenvalue weighted by Crippen LogP contribution is -2.36. The van der Waals surface area contributed by atoms with Crippen molar-refractivity contribution in [3.63, 3.8) is 0 Å². The predicted octanol–water partition coefficient (Wildman–Crippen LogP) is 2.91. The number of nitrogens with one attached hydrogen (secondary N) is 2. The van der Waals surface area contributed by atoms with Gasteiger partial charge in [0.25, 0.3) is 0 Å². The molecule has 2 aromatic carbocycles. The standard InChI is InChI=1S/C17H17FN2O2/c1-10-8-12(6-7-14(10)18)19-17(22)20-16-13-5-3-2-4-11(13)9-15(16)21/h2-8,15-16,21H,9H2,1H3,(H2,19,20,22)/t15-,16+/m0/s1. The number of carbonyl (C=O) groups excluding carboxylic acids is 1. The van der Waals surface area contributed by atoms with Gasteiger partial charge in [-0.3, -0.25) is 0 Å². The van der Waals surface area contributed by atoms with Gasteiger partial charge in [-0.15, -0.1) is 0 Å². The molecule has 1 aliphatic carbocycles. The van der Waals surface area contributed by atoms with E-state index in [4.69, 9.17) is 0 Å². The zero-order valence-electron chi connectivity index (χ0n) is 12.1. The van der Waals surface area contributed by atoms with Crippen LogP contribution in [0.2, 0.25) is 0 Å². The van der Waals surface area contributed by atoms with Gasteiger partial charge in [0.1, 0.15) is 5.82 Å². The lowest BCUT2D eigenvalue weighted by molar-refractivity contribution is 0.144. The highest BCUT2D eigenvalue weighted by Gasteiger charge is 2.31. The molecule has 3 N–H and O–H groups in total. The number of aryl methyl sites for hydroxylation is 1. The Kier molecular flexibility index (Phi) is 3.81. The molecule has 1 aliphatic rings. The monoisotopic (exact) mass is 300 g/mol. The number of rotatable bonds is 2. The summed E-state index contributed by atoms with van der Waals surface area (Å²) in [5.41, 5.74) is 2.94. The maximum absolute atomic E-state index is 13.2. The second-order valence-corrected chi connectivity index (χ2v) is 5.51. The number of aliphatic hydroxyl groups excluding tert-OH is 1. The van der Waals surface area contributed by atoms with Gasteiger partial charge in [-0.2, -0.15) is 0 Å². The fourth-order valence-corrected chi connectivity index (χ4v) is 2.78. The average molecular weight is 300 g/mol. The SMILES string of the molecule is Cc1cc(NC(=O)N[C@@H]2c3ccccc3C[C@@H]2O)ccc1F. The second kappa shape index (κ2) is 5.77. The van der Waals surface area contributed by atoms with Crippen LogP contribution in [0.15, 0.2) is 42.5 Å². The molecule has 0 saturated heterocycles. The van der Waals surface area contributed by atoms with Gasteiger partial charge in [0.15, 0.2) is 0 Å². The van der Waals surface area contributed by atoms with E-state index in [1.165, 1.54) is 12.1 Å². The topological polar surface area (TPSA) is 61.4 Å². The number of hydrogen-bond acceptors (Lipinski definition) is 2. The number of amides is 2. The van der Waals surface area contributed by atoms with Crippen LogP contribution in [0.4, 0.5) is 14.9 Å². The maximum atomic E-state index is 13.2. The highest BCUT2D eigenvalue weighted by Crippen LogP contribution is 2.31. The van der Waals surface area contributed by atoms with Crippen LogP contribution in [-0.2, 0) is 6.42 Å². The van der Waals surface area contributed by atoms with Gasteiger partial charge in [-0.25, -0.2) is 9.18 Å². The van der Waals surface area contributed by atoms with Gasteiger partial charge in [-0.1, -0.05) is 24.3 Å². The van der Waals surface area contributed by atoms with E-state index in [1.54, 1.807) is 13.0 Å². The number of aliphatic hydroxyl groups is 1. The molecule has 0 aliphatic heterocycles. The zero-order valence-corrected chi connectivity index (χ0v) is 12.1. The summed E-state index contributed by atoms with van der Waals surface area (Å²) in [4.78, 5) is 12.1. The summed E-state index contributed by atoms with van der Waals surface area (Å²) in [5, 5.41) is 15.5. The van der Waals surface area contributed by atoms with Gasteiger partial charge in [-0.05, 0) is 41.8 Å². The van der Waals surface area contributed by atoms with Crippen LogP contribution in [0.3, 0.4) is 0 Å². The highest BCUT2D eigenvalue weighted by molar-refractivity contribution is 5.89. The summed E-state index contributed by atoms with van der Waals surface area (Å²) < 4.78 is 13.2. The van der Waals surface area contributed by atoms with Crippen LogP contribution < -0.4 is 10.6 Å². The first-order valence-electron chi connectivity index (χ1n) is 7.14. The smallest absolute Gasteiger partial charge is 0.319 e. The lowest BCUT2D eigenvalue weighted by Gasteiger charge is -2.18. The Hall–Kier alpha value is -2.40. The number of benzene rings is 2. The maximum Gasteiger partial charge on any atom is 0.319 e. The van der Waals surface area contributed by atoms with E-state index >= 15 is 0 Å². The summed E-state index contributed by atoms with van der Waals surface area (Å²) >= 11 is 0. The molecule has 2 amide bonds. The van der Waals surface area contributed by atoms with Crippen molar-refractivity contribution >= 4 is 11.7 Å². The minimum absolute atomic E-state index is 0.314. The molecular weight excluding hydrogens is 283 g/mol. The van der Waals surface area contributed by atoms with Crippen molar-refractivity contribution < 1.29 is 14.3 Å². The fraction of sp³-hybridized carbons (Fsp3) is 0.235. The Labute approximate surface area is 128 Å². The van der Waals surface area contributed by atoms with Crippen molar-refractivity contribution in [1.29, 1.82) is 0 Å². The van der Waals surface area contributed by atoms with Gasteiger partial charge >= 0.3 is 6.03 Å². The predicted molar refractivity (Wildman–Crippen MR) is 82.2 cm³/mol. The molecule has 0 fully saturated rings. The number of fused-ring (bicyclic) bond motifs is 1. The number of anilines is 1. The summed E-state index contributed by atoms with van der Waals surface area (Å²) in [5.74, 6) is -0.314. The van der Waals surface area contributed by atoms with Gasteiger partial charge in [0, 0.05) is 12.1 Å². The van der Waals surface area contributed by atoms with E-state index < -0.39 is 18.2 Å². The molecule has 4 nitrogen and oxygen atoms in total. The minimum Gasteiger partial charge on any atom is -0.390 e. The first-order chi connectivity index (χ1) is 10.5. The third-order valence-electron chi connectivity index (χ3n) is 3.91. The van der Waals surface area contributed by atoms with Gasteiger partial charge < -0.3 is 15.7 Å². The largest absolute Gasteiger partial charge is 0.390 e. The Morgan fingerprint density at radius 1 is 1.27 bits per heavy atom. The third kappa shape index (κ3) is 2.80. The molecule has 2 aromatic rings. The minimum atomic E-state index is -0.641. The van der Waals surface area contributed by atoms with E-state index in [0.29, 0.717) is 17.7 Å². The van der Waals surface area contributed by atoms with Crippen molar-refractivity contribution in [3.05, 3.63) is 65.0 Å². The van der Waals surface area contributed by atoms with Crippen LogP contribution in [0.5, 0.6) is 0 Å². The molecule has 0 radical (unpaired) electrons. The first-order valence-corrected chi connectivity index (χ1v) is 7.14. The van der Waals surface area contributed by atoms with E-state index in [0.717, 1.165) is 11.1 Å². The molecule has 22 heavy (non-hydrogen) atoms. The van der Waals surface area contributed by atoms with Crippen LogP contribution in [0, 0.1) is 12.7 Å². The highest BCUT2D eigenvalue weighted by atomic mass is 19.1. The number of hydrogen-bond donors (Lipinski definition) is 3. The molecule has 3 rings (SSSR count). The van der Waals surface area contributed by atoms with E-state index in [1.807, 2.05) is 24.3 Å². The molecule has 0 saturated carbocycles. The molecule has 5 heteroatoms. The average Bonchev–Trinajstić information content (AvgIpc) is 2.79.